The molecule has 10 nitrogen and oxygen atoms in total. The predicted molar refractivity (Wildman–Crippen MR) is 168 cm³/mol. The van der Waals surface area contributed by atoms with Gasteiger partial charge < -0.3 is 30.2 Å². The smallest absolute Gasteiger partial charge is 0.408 e. The summed E-state index contributed by atoms with van der Waals surface area (Å²) in [7, 11) is 1.27. The van der Waals surface area contributed by atoms with E-state index in [2.05, 4.69) is 16.0 Å². The number of esters is 1. The zero-order chi connectivity index (χ0) is 31.8. The highest BCUT2D eigenvalue weighted by Crippen LogP contribution is 2.36. The van der Waals surface area contributed by atoms with Crippen LogP contribution in [0.1, 0.15) is 89.0 Å². The van der Waals surface area contributed by atoms with E-state index in [0.717, 1.165) is 69.8 Å². The normalized spacial score (nSPS) is 26.1. The van der Waals surface area contributed by atoms with Crippen molar-refractivity contribution in [3.05, 3.63) is 34.9 Å². The van der Waals surface area contributed by atoms with E-state index in [1.807, 2.05) is 24.3 Å². The van der Waals surface area contributed by atoms with Gasteiger partial charge >= 0.3 is 12.1 Å². The van der Waals surface area contributed by atoms with Gasteiger partial charge in [-0.3, -0.25) is 9.59 Å². The van der Waals surface area contributed by atoms with Crippen molar-refractivity contribution in [2.45, 2.75) is 114 Å². The molecule has 0 radical (unpaired) electrons. The van der Waals surface area contributed by atoms with E-state index in [1.165, 1.54) is 13.5 Å². The zero-order valence-corrected chi connectivity index (χ0v) is 27.1. The molecule has 5 rings (SSSR count). The minimum absolute atomic E-state index is 0.121. The Bertz CT molecular complexity index is 1200. The van der Waals surface area contributed by atoms with Gasteiger partial charge in [0.2, 0.25) is 11.8 Å². The van der Waals surface area contributed by atoms with Crippen molar-refractivity contribution in [3.63, 3.8) is 0 Å². The van der Waals surface area contributed by atoms with Gasteiger partial charge in [0.15, 0.2) is 0 Å². The third-order valence-corrected chi connectivity index (χ3v) is 10.5. The number of benzene rings is 1. The highest BCUT2D eigenvalue weighted by molar-refractivity contribution is 6.30. The summed E-state index contributed by atoms with van der Waals surface area (Å²) in [5.74, 6) is -1.19. The van der Waals surface area contributed by atoms with E-state index in [0.29, 0.717) is 31.1 Å². The largest absolute Gasteiger partial charge is 0.467 e. The summed E-state index contributed by atoms with van der Waals surface area (Å²) in [5.41, 5.74) is 0.773. The molecule has 2 heterocycles. The number of ether oxygens (including phenoxy) is 3. The molecule has 4 aliphatic rings. The van der Waals surface area contributed by atoms with Crippen molar-refractivity contribution in [3.8, 4) is 0 Å². The fourth-order valence-corrected chi connectivity index (χ4v) is 8.05. The van der Waals surface area contributed by atoms with Gasteiger partial charge in [-0.15, -0.1) is 0 Å². The first-order valence-electron chi connectivity index (χ1n) is 16.7. The predicted octanol–water partition coefficient (Wildman–Crippen LogP) is 4.85. The number of nitrogens with one attached hydrogen (secondary N) is 3. The van der Waals surface area contributed by atoms with Gasteiger partial charge in [-0.1, -0.05) is 55.8 Å². The van der Waals surface area contributed by atoms with Gasteiger partial charge in [0.05, 0.1) is 7.11 Å². The average molecular weight is 646 g/mol. The van der Waals surface area contributed by atoms with Gasteiger partial charge in [0.1, 0.15) is 18.2 Å². The van der Waals surface area contributed by atoms with Crippen LogP contribution >= 0.6 is 11.6 Å². The van der Waals surface area contributed by atoms with Gasteiger partial charge in [-0.2, -0.15) is 0 Å². The Balaban J connectivity index is 1.23. The summed E-state index contributed by atoms with van der Waals surface area (Å²) < 4.78 is 16.5. The second-order valence-corrected chi connectivity index (χ2v) is 13.9. The molecule has 1 spiro atoms. The molecule has 4 fully saturated rings. The average Bonchev–Trinajstić information content (AvgIpc) is 3.58. The summed E-state index contributed by atoms with van der Waals surface area (Å²) in [6.45, 7) is 1.16. The Labute approximate surface area is 271 Å². The van der Waals surface area contributed by atoms with Crippen molar-refractivity contribution < 1.29 is 33.4 Å². The lowest BCUT2D eigenvalue weighted by Crippen LogP contribution is -2.53. The van der Waals surface area contributed by atoms with Crippen LogP contribution in [-0.4, -0.2) is 67.9 Å². The Kier molecular flexibility index (Phi) is 11.6. The highest BCUT2D eigenvalue weighted by Gasteiger charge is 2.46. The third-order valence-electron chi connectivity index (χ3n) is 10.3. The molecule has 11 heteroatoms. The number of rotatable bonds is 11. The number of halogens is 1. The number of alkyl carbamates (subject to hydrolysis) is 1. The Morgan fingerprint density at radius 2 is 1.80 bits per heavy atom. The van der Waals surface area contributed by atoms with E-state index >= 15 is 0 Å². The van der Waals surface area contributed by atoms with E-state index in [1.54, 1.807) is 0 Å². The maximum Gasteiger partial charge on any atom is 0.408 e. The van der Waals surface area contributed by atoms with Crippen LogP contribution in [0.15, 0.2) is 24.3 Å². The maximum absolute atomic E-state index is 13.8. The van der Waals surface area contributed by atoms with Crippen molar-refractivity contribution in [2.75, 3.05) is 20.3 Å². The van der Waals surface area contributed by atoms with Crippen LogP contribution in [-0.2, 0) is 35.0 Å². The first kappa shape index (κ1) is 33.5. The van der Waals surface area contributed by atoms with Crippen LogP contribution in [0, 0.1) is 17.8 Å². The molecule has 3 amide bonds. The molecular formula is C34H48ClN3O7. The molecule has 4 unspecified atom stereocenters. The lowest BCUT2D eigenvalue weighted by Gasteiger charge is -2.33. The van der Waals surface area contributed by atoms with Gasteiger partial charge in [-0.05, 0) is 81.4 Å². The van der Waals surface area contributed by atoms with Crippen LogP contribution < -0.4 is 16.0 Å². The quantitative estimate of drug-likeness (QED) is 0.293. The van der Waals surface area contributed by atoms with Gasteiger partial charge in [-0.25, -0.2) is 9.59 Å². The van der Waals surface area contributed by atoms with E-state index in [9.17, 15) is 19.2 Å². The van der Waals surface area contributed by atoms with E-state index in [4.69, 9.17) is 25.8 Å². The molecule has 3 N–H and O–H groups in total. The first-order valence-corrected chi connectivity index (χ1v) is 17.1. The summed E-state index contributed by atoms with van der Waals surface area (Å²) in [6, 6.07) is 5.85. The number of hydrogen-bond donors (Lipinski definition) is 3. The van der Waals surface area contributed by atoms with E-state index in [-0.39, 0.29) is 35.8 Å². The molecular weight excluding hydrogens is 598 g/mol. The minimum atomic E-state index is -1.02. The van der Waals surface area contributed by atoms with Crippen LogP contribution in [0.4, 0.5) is 4.79 Å². The van der Waals surface area contributed by atoms with Crippen LogP contribution in [0.3, 0.4) is 0 Å². The Hall–Kier alpha value is -2.85. The summed E-state index contributed by atoms with van der Waals surface area (Å²) in [6.07, 6.45) is 10.5. The van der Waals surface area contributed by atoms with Crippen molar-refractivity contribution in [1.29, 1.82) is 0 Å². The van der Waals surface area contributed by atoms with Crippen molar-refractivity contribution >= 4 is 35.5 Å². The second kappa shape index (κ2) is 15.6. The van der Waals surface area contributed by atoms with Crippen LogP contribution in [0.2, 0.25) is 5.02 Å². The second-order valence-electron chi connectivity index (χ2n) is 13.5. The molecule has 0 aromatic heterocycles. The van der Waals surface area contributed by atoms with Crippen LogP contribution in [0.25, 0.3) is 0 Å². The topological polar surface area (TPSA) is 132 Å². The molecule has 5 atom stereocenters. The summed E-state index contributed by atoms with van der Waals surface area (Å²) >= 11 is 6.18. The molecule has 0 bridgehead atoms. The molecule has 2 aliphatic heterocycles. The monoisotopic (exact) mass is 645 g/mol. The third kappa shape index (κ3) is 9.12. The number of carbonyl (C=O) groups excluding carboxylic acids is 4. The number of amides is 3. The number of carbonyl (C=O) groups is 4. The molecule has 2 saturated heterocycles. The summed E-state index contributed by atoms with van der Waals surface area (Å²) in [5, 5.41) is 9.51. The zero-order valence-electron chi connectivity index (χ0n) is 26.3. The molecule has 45 heavy (non-hydrogen) atoms. The molecule has 248 valence electrons. The van der Waals surface area contributed by atoms with Crippen molar-refractivity contribution in [1.82, 2.24) is 16.0 Å². The minimum Gasteiger partial charge on any atom is -0.467 e. The maximum atomic E-state index is 13.8. The fraction of sp³-hybridized carbons (Fsp3) is 0.706. The SMILES string of the molecule is COC(=O)C(CC1CC2(CCOCC2)NC1=O)NC(=O)[C@H](CC1CCCCC1)NC(=O)OC1CCCC1Cc1cccc(Cl)c1. The molecule has 2 saturated carbocycles. The van der Waals surface area contributed by atoms with Crippen molar-refractivity contribution in [2.24, 2.45) is 17.8 Å². The fourth-order valence-electron chi connectivity index (χ4n) is 7.83. The Morgan fingerprint density at radius 3 is 2.53 bits per heavy atom. The lowest BCUT2D eigenvalue weighted by molar-refractivity contribution is -0.146. The number of methoxy groups -OCH3 is 1. The van der Waals surface area contributed by atoms with Gasteiger partial charge in [0, 0.05) is 35.6 Å². The first-order chi connectivity index (χ1) is 21.7. The number of hydrogen-bond acceptors (Lipinski definition) is 7. The van der Waals surface area contributed by atoms with Crippen LogP contribution in [0.5, 0.6) is 0 Å². The highest BCUT2D eigenvalue weighted by atomic mass is 35.5. The Morgan fingerprint density at radius 1 is 1.02 bits per heavy atom. The standard InChI is InChI=1S/C34H48ClN3O7/c1-43-32(41)28(20-25-21-34(38-30(25)39)13-15-44-16-14-34)36-31(40)27(19-22-7-3-2-4-8-22)37-33(42)45-29-12-6-10-24(29)17-23-9-5-11-26(35)18-23/h5,9,11,18,22,24-25,27-29H,2-4,6-8,10,12-17,19-21H2,1H3,(H,36,40)(H,37,42)(H,38,39)/t24?,25?,27-,28?,29?/m0/s1. The molecule has 2 aliphatic carbocycles. The van der Waals surface area contributed by atoms with E-state index < -0.39 is 36.0 Å². The van der Waals surface area contributed by atoms with Gasteiger partial charge in [0.25, 0.3) is 0 Å². The summed E-state index contributed by atoms with van der Waals surface area (Å²) in [4.78, 5) is 52.9. The molecule has 1 aromatic carbocycles. The molecule has 1 aromatic rings. The lowest BCUT2D eigenvalue weighted by atomic mass is 9.83.